The molecule has 29 heavy (non-hydrogen) atoms. The topological polar surface area (TPSA) is 84.9 Å². The number of anilines is 1. The number of carbonyl (C=O) groups excluding carboxylic acids is 1. The Hall–Kier alpha value is -2.42. The molecule has 1 aliphatic rings. The normalized spacial score (nSPS) is 15.3. The van der Waals surface area contributed by atoms with Crippen LogP contribution in [-0.2, 0) is 14.8 Å². The molecule has 0 aliphatic carbocycles. The Bertz CT molecular complexity index is 982. The van der Waals surface area contributed by atoms with Crippen molar-refractivity contribution in [2.45, 2.75) is 31.8 Å². The molecule has 1 saturated heterocycles. The van der Waals surface area contributed by atoms with Crippen LogP contribution in [0.3, 0.4) is 0 Å². The molecule has 2 aromatic rings. The lowest BCUT2D eigenvalue weighted by molar-refractivity contribution is 0.0730. The highest BCUT2D eigenvalue weighted by Crippen LogP contribution is 2.31. The maximum absolute atomic E-state index is 13.0. The number of morpholine rings is 1. The fourth-order valence-electron chi connectivity index (χ4n) is 3.08. The van der Waals surface area contributed by atoms with Crippen molar-refractivity contribution in [1.29, 1.82) is 0 Å². The van der Waals surface area contributed by atoms with E-state index in [0.29, 0.717) is 43.3 Å². The lowest BCUT2D eigenvalue weighted by Gasteiger charge is -2.26. The zero-order chi connectivity index (χ0) is 21.0. The summed E-state index contributed by atoms with van der Waals surface area (Å²) in [5.74, 6) is 0.0977. The number of sulfonamides is 1. The predicted molar refractivity (Wildman–Crippen MR) is 111 cm³/mol. The molecule has 0 bridgehead atoms. The Balaban J connectivity index is 1.96. The van der Waals surface area contributed by atoms with Crippen LogP contribution in [0, 0.1) is 6.92 Å². The van der Waals surface area contributed by atoms with Crippen LogP contribution < -0.4 is 10.1 Å². The Morgan fingerprint density at radius 2 is 1.83 bits per heavy atom. The van der Waals surface area contributed by atoms with Gasteiger partial charge < -0.3 is 14.8 Å². The minimum Gasteiger partial charge on any atom is -0.489 e. The predicted octanol–water partition coefficient (Wildman–Crippen LogP) is 3.06. The van der Waals surface area contributed by atoms with Crippen LogP contribution in [0.25, 0.3) is 0 Å². The number of hydrogen-bond donors (Lipinski definition) is 1. The summed E-state index contributed by atoms with van der Waals surface area (Å²) in [6, 6.07) is 11.8. The molecule has 0 unspecified atom stereocenters. The van der Waals surface area contributed by atoms with E-state index in [0.717, 1.165) is 5.56 Å². The van der Waals surface area contributed by atoms with Crippen LogP contribution in [0.1, 0.15) is 29.8 Å². The number of rotatable bonds is 6. The third-order valence-electron chi connectivity index (χ3n) is 4.56. The van der Waals surface area contributed by atoms with Crippen molar-refractivity contribution in [1.82, 2.24) is 4.31 Å². The monoisotopic (exact) mass is 418 g/mol. The first-order chi connectivity index (χ1) is 13.8. The minimum atomic E-state index is -3.69. The first-order valence-corrected chi connectivity index (χ1v) is 11.0. The highest BCUT2D eigenvalue weighted by Gasteiger charge is 2.27. The first-order valence-electron chi connectivity index (χ1n) is 9.54. The van der Waals surface area contributed by atoms with Crippen molar-refractivity contribution < 1.29 is 22.7 Å². The molecule has 0 spiro atoms. The molecule has 1 fully saturated rings. The van der Waals surface area contributed by atoms with Gasteiger partial charge in [-0.2, -0.15) is 4.31 Å². The number of benzene rings is 2. The average molecular weight is 419 g/mol. The van der Waals surface area contributed by atoms with Crippen molar-refractivity contribution in [3.05, 3.63) is 53.6 Å². The Kier molecular flexibility index (Phi) is 6.56. The smallest absolute Gasteiger partial charge is 0.256 e. The second-order valence-corrected chi connectivity index (χ2v) is 9.05. The second kappa shape index (κ2) is 8.94. The van der Waals surface area contributed by atoms with Gasteiger partial charge in [0.05, 0.1) is 29.9 Å². The number of ether oxygens (including phenoxy) is 2. The third-order valence-corrected chi connectivity index (χ3v) is 6.45. The summed E-state index contributed by atoms with van der Waals surface area (Å²) in [5, 5.41) is 2.82. The molecular weight excluding hydrogens is 392 g/mol. The van der Waals surface area contributed by atoms with E-state index in [1.165, 1.54) is 16.4 Å². The average Bonchev–Trinajstić information content (AvgIpc) is 2.69. The molecule has 1 aliphatic heterocycles. The number of amides is 1. The molecule has 0 atom stereocenters. The standard InChI is InChI=1S/C21H26N2O5S/c1-15(2)28-20-9-8-17(29(25,26)23-10-12-27-13-11-23)14-19(20)22-21(24)18-7-5-4-6-16(18)3/h4-9,14-15H,10-13H2,1-3H3,(H,22,24). The van der Waals surface area contributed by atoms with Gasteiger partial charge in [-0.25, -0.2) is 8.42 Å². The molecular formula is C21H26N2O5S. The lowest BCUT2D eigenvalue weighted by Crippen LogP contribution is -2.40. The summed E-state index contributed by atoms with van der Waals surface area (Å²) in [4.78, 5) is 12.9. The quantitative estimate of drug-likeness (QED) is 0.779. The van der Waals surface area contributed by atoms with E-state index < -0.39 is 10.0 Å². The first kappa shape index (κ1) is 21.3. The van der Waals surface area contributed by atoms with Crippen LogP contribution in [0.5, 0.6) is 5.75 Å². The largest absolute Gasteiger partial charge is 0.489 e. The maximum Gasteiger partial charge on any atom is 0.256 e. The van der Waals surface area contributed by atoms with Crippen LogP contribution in [0.15, 0.2) is 47.4 Å². The highest BCUT2D eigenvalue weighted by molar-refractivity contribution is 7.89. The van der Waals surface area contributed by atoms with E-state index in [2.05, 4.69) is 5.32 Å². The fraction of sp³-hybridized carbons (Fsp3) is 0.381. The zero-order valence-electron chi connectivity index (χ0n) is 16.8. The Labute approximate surface area is 171 Å². The molecule has 1 heterocycles. The highest BCUT2D eigenvalue weighted by atomic mass is 32.2. The van der Waals surface area contributed by atoms with Crippen molar-refractivity contribution in [2.24, 2.45) is 0 Å². The molecule has 8 heteroatoms. The molecule has 0 aromatic heterocycles. The van der Waals surface area contributed by atoms with Crippen molar-refractivity contribution in [3.63, 3.8) is 0 Å². The van der Waals surface area contributed by atoms with Crippen LogP contribution in [0.4, 0.5) is 5.69 Å². The van der Waals surface area contributed by atoms with Gasteiger partial charge in [-0.15, -0.1) is 0 Å². The number of hydrogen-bond acceptors (Lipinski definition) is 5. The van der Waals surface area contributed by atoms with E-state index in [9.17, 15) is 13.2 Å². The van der Waals surface area contributed by atoms with E-state index in [-0.39, 0.29) is 16.9 Å². The Morgan fingerprint density at radius 1 is 1.14 bits per heavy atom. The Morgan fingerprint density at radius 3 is 2.48 bits per heavy atom. The summed E-state index contributed by atoms with van der Waals surface area (Å²) in [7, 11) is -3.69. The summed E-state index contributed by atoms with van der Waals surface area (Å²) >= 11 is 0. The lowest BCUT2D eigenvalue weighted by atomic mass is 10.1. The van der Waals surface area contributed by atoms with Crippen molar-refractivity contribution >= 4 is 21.6 Å². The number of nitrogens with one attached hydrogen (secondary N) is 1. The summed E-state index contributed by atoms with van der Waals surface area (Å²) in [5.41, 5.74) is 1.67. The van der Waals surface area contributed by atoms with E-state index in [4.69, 9.17) is 9.47 Å². The van der Waals surface area contributed by atoms with Gasteiger partial charge in [-0.05, 0) is 50.6 Å². The maximum atomic E-state index is 13.0. The molecule has 7 nitrogen and oxygen atoms in total. The molecule has 156 valence electrons. The molecule has 0 saturated carbocycles. The van der Waals surface area contributed by atoms with E-state index in [1.807, 2.05) is 32.9 Å². The van der Waals surface area contributed by atoms with Crippen LogP contribution >= 0.6 is 0 Å². The SMILES string of the molecule is Cc1ccccc1C(=O)Nc1cc(S(=O)(=O)N2CCOCC2)ccc1OC(C)C. The van der Waals surface area contributed by atoms with Gasteiger partial charge in [0.1, 0.15) is 5.75 Å². The van der Waals surface area contributed by atoms with Gasteiger partial charge in [0.25, 0.3) is 5.91 Å². The molecule has 1 amide bonds. The molecule has 2 aromatic carbocycles. The van der Waals surface area contributed by atoms with Crippen molar-refractivity contribution in [2.75, 3.05) is 31.6 Å². The fourth-order valence-corrected chi connectivity index (χ4v) is 4.51. The van der Waals surface area contributed by atoms with Gasteiger partial charge in [0, 0.05) is 18.7 Å². The zero-order valence-corrected chi connectivity index (χ0v) is 17.7. The van der Waals surface area contributed by atoms with Crippen molar-refractivity contribution in [3.8, 4) is 5.75 Å². The summed E-state index contributed by atoms with van der Waals surface area (Å²) in [6.07, 6.45) is -0.134. The second-order valence-electron chi connectivity index (χ2n) is 7.11. The van der Waals surface area contributed by atoms with Gasteiger partial charge in [0.2, 0.25) is 10.0 Å². The summed E-state index contributed by atoms with van der Waals surface area (Å²) < 4.78 is 38.4. The van der Waals surface area contributed by atoms with Crippen LogP contribution in [-0.4, -0.2) is 51.0 Å². The van der Waals surface area contributed by atoms with Crippen LogP contribution in [0.2, 0.25) is 0 Å². The van der Waals surface area contributed by atoms with Gasteiger partial charge in [-0.3, -0.25) is 4.79 Å². The van der Waals surface area contributed by atoms with E-state index in [1.54, 1.807) is 18.2 Å². The molecule has 0 radical (unpaired) electrons. The number of carbonyl (C=O) groups is 1. The van der Waals surface area contributed by atoms with E-state index >= 15 is 0 Å². The number of aryl methyl sites for hydroxylation is 1. The third kappa shape index (κ3) is 4.95. The number of nitrogens with zero attached hydrogens (tertiary/aromatic N) is 1. The minimum absolute atomic E-state index is 0.107. The summed E-state index contributed by atoms with van der Waals surface area (Å²) in [6.45, 7) is 6.92. The van der Waals surface area contributed by atoms with Gasteiger partial charge in [-0.1, -0.05) is 18.2 Å². The molecule has 3 rings (SSSR count). The van der Waals surface area contributed by atoms with Gasteiger partial charge in [0.15, 0.2) is 0 Å². The molecule has 1 N–H and O–H groups in total. The van der Waals surface area contributed by atoms with Gasteiger partial charge >= 0.3 is 0 Å².